The van der Waals surface area contributed by atoms with Crippen LogP contribution in [0.4, 0.5) is 0 Å². The summed E-state index contributed by atoms with van der Waals surface area (Å²) in [5.74, 6) is 2.41. The Bertz CT molecular complexity index is 2500. The number of oxazole rings is 1. The van der Waals surface area contributed by atoms with Crippen molar-refractivity contribution in [3.63, 3.8) is 0 Å². The lowest BCUT2D eigenvalue weighted by molar-refractivity contribution is 0.623. The molecule has 6 aromatic carbocycles. The van der Waals surface area contributed by atoms with Crippen molar-refractivity contribution < 1.29 is 4.42 Å². The van der Waals surface area contributed by atoms with Gasteiger partial charge in [-0.2, -0.15) is 0 Å². The second-order valence-electron chi connectivity index (χ2n) is 10.7. The Morgan fingerprint density at radius 3 is 2.02 bits per heavy atom. The first-order chi connectivity index (χ1) is 21.8. The lowest BCUT2D eigenvalue weighted by Gasteiger charge is -2.10. The van der Waals surface area contributed by atoms with Crippen LogP contribution in [0.5, 0.6) is 0 Å². The molecule has 5 nitrogen and oxygen atoms in total. The average Bonchev–Trinajstić information content (AvgIpc) is 3.70. The second kappa shape index (κ2) is 9.93. The molecule has 6 heteroatoms. The summed E-state index contributed by atoms with van der Waals surface area (Å²) in [5, 5.41) is 4.39. The summed E-state index contributed by atoms with van der Waals surface area (Å²) < 4.78 is 8.96. The zero-order chi connectivity index (χ0) is 29.0. The average molecular weight is 583 g/mol. The third-order valence-corrected chi connectivity index (χ3v) is 9.11. The van der Waals surface area contributed by atoms with Crippen LogP contribution in [-0.2, 0) is 0 Å². The van der Waals surface area contributed by atoms with Gasteiger partial charge in [-0.05, 0) is 47.9 Å². The van der Waals surface area contributed by atoms with E-state index in [-0.39, 0.29) is 0 Å². The molecule has 0 saturated carbocycles. The van der Waals surface area contributed by atoms with Crippen LogP contribution in [0.15, 0.2) is 138 Å². The van der Waals surface area contributed by atoms with Gasteiger partial charge in [0.05, 0.1) is 0 Å². The maximum absolute atomic E-state index is 6.46. The smallest absolute Gasteiger partial charge is 0.227 e. The molecule has 0 unspecified atom stereocenters. The van der Waals surface area contributed by atoms with Gasteiger partial charge < -0.3 is 4.42 Å². The summed E-state index contributed by atoms with van der Waals surface area (Å²) in [6, 6.07) is 45.3. The van der Waals surface area contributed by atoms with Gasteiger partial charge in [-0.1, -0.05) is 91.0 Å². The molecule has 0 bridgehead atoms. The van der Waals surface area contributed by atoms with E-state index in [0.29, 0.717) is 28.9 Å². The van der Waals surface area contributed by atoms with Crippen LogP contribution in [0.2, 0.25) is 0 Å². The minimum absolute atomic E-state index is 0.583. The molecule has 0 spiro atoms. The summed E-state index contributed by atoms with van der Waals surface area (Å²) >= 11 is 1.80. The van der Waals surface area contributed by atoms with Gasteiger partial charge in [0.25, 0.3) is 0 Å². The monoisotopic (exact) mass is 582 g/mol. The molecule has 0 fully saturated rings. The summed E-state index contributed by atoms with van der Waals surface area (Å²) in [7, 11) is 0. The van der Waals surface area contributed by atoms with Crippen LogP contribution in [0.1, 0.15) is 0 Å². The molecule has 0 N–H and O–H groups in total. The van der Waals surface area contributed by atoms with Crippen molar-refractivity contribution in [3.05, 3.63) is 133 Å². The van der Waals surface area contributed by atoms with Gasteiger partial charge in [-0.25, -0.2) is 19.9 Å². The van der Waals surface area contributed by atoms with Crippen LogP contribution in [0.25, 0.3) is 87.7 Å². The number of hydrogen-bond acceptors (Lipinski definition) is 6. The first kappa shape index (κ1) is 24.8. The van der Waals surface area contributed by atoms with Gasteiger partial charge >= 0.3 is 0 Å². The van der Waals surface area contributed by atoms with Crippen LogP contribution in [0.3, 0.4) is 0 Å². The number of rotatable bonds is 4. The van der Waals surface area contributed by atoms with Crippen molar-refractivity contribution >= 4 is 53.4 Å². The largest absolute Gasteiger partial charge is 0.435 e. The van der Waals surface area contributed by atoms with Crippen LogP contribution < -0.4 is 0 Å². The van der Waals surface area contributed by atoms with Gasteiger partial charge in [0, 0.05) is 47.8 Å². The molecule has 0 atom stereocenters. The van der Waals surface area contributed by atoms with E-state index in [1.54, 1.807) is 11.3 Å². The zero-order valence-corrected chi connectivity index (χ0v) is 24.1. The molecule has 0 radical (unpaired) electrons. The molecular formula is C38H22N4OS. The van der Waals surface area contributed by atoms with Gasteiger partial charge in [-0.15, -0.1) is 11.3 Å². The van der Waals surface area contributed by atoms with Gasteiger partial charge in [-0.3, -0.25) is 0 Å². The molecule has 206 valence electrons. The van der Waals surface area contributed by atoms with Crippen LogP contribution >= 0.6 is 11.3 Å². The van der Waals surface area contributed by atoms with Crippen molar-refractivity contribution in [2.75, 3.05) is 0 Å². The summed E-state index contributed by atoms with van der Waals surface area (Å²) in [5.41, 5.74) is 5.17. The Morgan fingerprint density at radius 1 is 0.477 bits per heavy atom. The topological polar surface area (TPSA) is 64.7 Å². The Kier molecular flexibility index (Phi) is 5.61. The summed E-state index contributed by atoms with van der Waals surface area (Å²) in [4.78, 5) is 20.0. The number of benzene rings is 6. The first-order valence-electron chi connectivity index (χ1n) is 14.4. The van der Waals surface area contributed by atoms with Gasteiger partial charge in [0.1, 0.15) is 5.52 Å². The number of aromatic nitrogens is 4. The Hall–Kier alpha value is -5.72. The molecule has 9 aromatic rings. The third kappa shape index (κ3) is 4.07. The van der Waals surface area contributed by atoms with Crippen molar-refractivity contribution in [1.29, 1.82) is 0 Å². The molecule has 3 aromatic heterocycles. The number of hydrogen-bond donors (Lipinski definition) is 0. The third-order valence-electron chi connectivity index (χ3n) is 7.96. The van der Waals surface area contributed by atoms with Gasteiger partial charge in [0.2, 0.25) is 5.89 Å². The van der Waals surface area contributed by atoms with E-state index in [1.807, 2.05) is 72.8 Å². The Labute approximate surface area is 256 Å². The second-order valence-corrected chi connectivity index (χ2v) is 11.8. The molecule has 9 rings (SSSR count). The van der Waals surface area contributed by atoms with Crippen molar-refractivity contribution in [2.24, 2.45) is 0 Å². The van der Waals surface area contributed by atoms with Crippen molar-refractivity contribution in [3.8, 4) is 45.6 Å². The zero-order valence-electron chi connectivity index (χ0n) is 23.3. The van der Waals surface area contributed by atoms with E-state index >= 15 is 0 Å². The highest BCUT2D eigenvalue weighted by atomic mass is 32.1. The first-order valence-corrected chi connectivity index (χ1v) is 15.2. The molecule has 0 saturated heterocycles. The number of nitrogens with zero attached hydrogens (tertiary/aromatic N) is 4. The predicted molar refractivity (Wildman–Crippen MR) is 180 cm³/mol. The predicted octanol–water partition coefficient (Wildman–Crippen LogP) is 10.2. The Balaban J connectivity index is 1.29. The van der Waals surface area contributed by atoms with E-state index in [0.717, 1.165) is 38.5 Å². The highest BCUT2D eigenvalue weighted by Crippen LogP contribution is 2.38. The lowest BCUT2D eigenvalue weighted by Crippen LogP contribution is -2.00. The van der Waals surface area contributed by atoms with Gasteiger partial charge in [0.15, 0.2) is 23.1 Å². The highest BCUT2D eigenvalue weighted by molar-refractivity contribution is 7.25. The standard InChI is InChI=1S/C38H22N4OS/c1-3-10-24(11-4-1)35-40-36(26-19-21-32-29(22-26)27-15-7-8-17-31(27)44-32)42-37(41-35)28-16-9-14-23-18-20-30-34(33(23)28)43-38(39-30)25-12-5-2-6-13-25/h1-22H. The SMILES string of the molecule is c1ccc(-c2nc(-c3ccc4sc5ccccc5c4c3)nc(-c3cccc4ccc5nc(-c6ccccc6)oc5c34)n2)cc1. The molecule has 44 heavy (non-hydrogen) atoms. The maximum atomic E-state index is 6.46. The molecular weight excluding hydrogens is 561 g/mol. The summed E-state index contributed by atoms with van der Waals surface area (Å²) in [6.45, 7) is 0. The fraction of sp³-hybridized carbons (Fsp3) is 0. The van der Waals surface area contributed by atoms with E-state index < -0.39 is 0 Å². The number of fused-ring (bicyclic) bond motifs is 6. The quantitative estimate of drug-likeness (QED) is 0.207. The van der Waals surface area contributed by atoms with Crippen molar-refractivity contribution in [2.45, 2.75) is 0 Å². The van der Waals surface area contributed by atoms with Crippen LogP contribution in [0, 0.1) is 0 Å². The Morgan fingerprint density at radius 2 is 1.18 bits per heavy atom. The van der Waals surface area contributed by atoms with E-state index in [2.05, 4.69) is 60.7 Å². The normalized spacial score (nSPS) is 11.6. The van der Waals surface area contributed by atoms with E-state index in [9.17, 15) is 0 Å². The fourth-order valence-corrected chi connectivity index (χ4v) is 6.94. The highest BCUT2D eigenvalue weighted by Gasteiger charge is 2.19. The minimum Gasteiger partial charge on any atom is -0.435 e. The van der Waals surface area contributed by atoms with Crippen LogP contribution in [-0.4, -0.2) is 19.9 Å². The molecule has 0 amide bonds. The van der Waals surface area contributed by atoms with E-state index in [4.69, 9.17) is 24.4 Å². The molecule has 3 heterocycles. The lowest BCUT2D eigenvalue weighted by atomic mass is 10.0. The fourth-order valence-electron chi connectivity index (χ4n) is 5.85. The molecule has 0 aliphatic rings. The van der Waals surface area contributed by atoms with Crippen molar-refractivity contribution in [1.82, 2.24) is 19.9 Å². The number of thiophene rings is 1. The maximum Gasteiger partial charge on any atom is 0.227 e. The molecule has 0 aliphatic carbocycles. The summed E-state index contributed by atoms with van der Waals surface area (Å²) in [6.07, 6.45) is 0. The molecule has 0 aliphatic heterocycles. The minimum atomic E-state index is 0.583. The van der Waals surface area contributed by atoms with E-state index in [1.165, 1.54) is 20.2 Å².